The maximum Gasteiger partial charge on any atom is 0.144 e. The van der Waals surface area contributed by atoms with Crippen LogP contribution in [0, 0.1) is 12.7 Å². The predicted octanol–water partition coefficient (Wildman–Crippen LogP) is 5.63. The fourth-order valence-electron chi connectivity index (χ4n) is 3.88. The summed E-state index contributed by atoms with van der Waals surface area (Å²) in [7, 11) is 3.54. The Balaban J connectivity index is 1.55. The van der Waals surface area contributed by atoms with Crippen molar-refractivity contribution in [3.05, 3.63) is 84.7 Å². The summed E-state index contributed by atoms with van der Waals surface area (Å²) in [4.78, 5) is 9.06. The van der Waals surface area contributed by atoms with E-state index < -0.39 is 0 Å². The van der Waals surface area contributed by atoms with Gasteiger partial charge in [0.2, 0.25) is 0 Å². The van der Waals surface area contributed by atoms with Crippen LogP contribution in [0.3, 0.4) is 0 Å². The molecule has 2 aromatic heterocycles. The van der Waals surface area contributed by atoms with Gasteiger partial charge in [-0.15, -0.1) is 0 Å². The van der Waals surface area contributed by atoms with Crippen molar-refractivity contribution in [2.45, 2.75) is 6.92 Å². The van der Waals surface area contributed by atoms with Crippen molar-refractivity contribution in [3.8, 4) is 22.8 Å². The molecule has 0 bridgehead atoms. The van der Waals surface area contributed by atoms with Gasteiger partial charge in [-0.25, -0.2) is 14.4 Å². The van der Waals surface area contributed by atoms with Gasteiger partial charge in [-0.3, -0.25) is 0 Å². The van der Waals surface area contributed by atoms with E-state index in [0.717, 1.165) is 33.8 Å². The van der Waals surface area contributed by atoms with Crippen LogP contribution in [0.25, 0.3) is 28.1 Å². The third-order valence-electron chi connectivity index (χ3n) is 5.47. The predicted molar refractivity (Wildman–Crippen MR) is 124 cm³/mol. The quantitative estimate of drug-likeness (QED) is 0.395. The molecule has 0 unspecified atom stereocenters. The number of aryl methyl sites for hydroxylation is 2. The summed E-state index contributed by atoms with van der Waals surface area (Å²) >= 11 is 0. The highest BCUT2D eigenvalue weighted by molar-refractivity contribution is 5.93. The van der Waals surface area contributed by atoms with Gasteiger partial charge in [-0.2, -0.15) is 0 Å². The third-order valence-corrected chi connectivity index (χ3v) is 5.47. The Labute approximate surface area is 184 Å². The zero-order chi connectivity index (χ0) is 22.2. The molecule has 0 radical (unpaired) electrons. The van der Waals surface area contributed by atoms with Gasteiger partial charge in [0.15, 0.2) is 0 Å². The average Bonchev–Trinajstić information content (AvgIpc) is 3.38. The molecule has 2 heterocycles. The number of rotatable bonds is 5. The van der Waals surface area contributed by atoms with Gasteiger partial charge in [0, 0.05) is 25.0 Å². The minimum absolute atomic E-state index is 0.296. The van der Waals surface area contributed by atoms with Crippen LogP contribution < -0.4 is 10.1 Å². The summed E-state index contributed by atoms with van der Waals surface area (Å²) in [6.45, 7) is 1.95. The first-order valence-electron chi connectivity index (χ1n) is 10.2. The number of ether oxygens (including phenoxy) is 1. The number of aromatic nitrogens is 4. The second-order valence-corrected chi connectivity index (χ2v) is 7.58. The molecule has 0 fully saturated rings. The van der Waals surface area contributed by atoms with E-state index in [0.29, 0.717) is 17.1 Å². The first kappa shape index (κ1) is 19.8. The number of hydrogen-bond acceptors (Lipinski definition) is 4. The SMILES string of the molecule is COc1cc(Nc2cccc3c2nc(-c2ccccc2F)n3C)ccc1-n1cnc(C)c1. The van der Waals surface area contributed by atoms with Crippen molar-refractivity contribution < 1.29 is 9.13 Å². The largest absolute Gasteiger partial charge is 0.494 e. The Bertz CT molecular complexity index is 1440. The third kappa shape index (κ3) is 3.37. The molecule has 32 heavy (non-hydrogen) atoms. The minimum Gasteiger partial charge on any atom is -0.494 e. The van der Waals surface area contributed by atoms with Crippen LogP contribution in [-0.2, 0) is 7.05 Å². The van der Waals surface area contributed by atoms with E-state index in [2.05, 4.69) is 10.3 Å². The van der Waals surface area contributed by atoms with E-state index in [1.54, 1.807) is 25.6 Å². The molecule has 7 heteroatoms. The summed E-state index contributed by atoms with van der Waals surface area (Å²) in [6.07, 6.45) is 3.71. The summed E-state index contributed by atoms with van der Waals surface area (Å²) in [5.41, 5.74) is 5.66. The summed E-state index contributed by atoms with van der Waals surface area (Å²) in [5, 5.41) is 3.44. The van der Waals surface area contributed by atoms with Crippen LogP contribution in [0.2, 0.25) is 0 Å². The van der Waals surface area contributed by atoms with Gasteiger partial charge in [-0.1, -0.05) is 18.2 Å². The first-order valence-corrected chi connectivity index (χ1v) is 10.2. The number of methoxy groups -OCH3 is 1. The lowest BCUT2D eigenvalue weighted by molar-refractivity contribution is 0.413. The van der Waals surface area contributed by atoms with Gasteiger partial charge in [-0.05, 0) is 43.3 Å². The van der Waals surface area contributed by atoms with Crippen LogP contribution >= 0.6 is 0 Å². The smallest absolute Gasteiger partial charge is 0.144 e. The molecule has 0 aliphatic carbocycles. The molecular weight excluding hydrogens is 405 g/mol. The average molecular weight is 427 g/mol. The minimum atomic E-state index is -0.296. The Morgan fingerprint density at radius 1 is 1.03 bits per heavy atom. The number of para-hydroxylation sites is 1. The van der Waals surface area contributed by atoms with Crippen LogP contribution in [-0.4, -0.2) is 26.2 Å². The zero-order valence-corrected chi connectivity index (χ0v) is 18.0. The molecule has 0 saturated carbocycles. The van der Waals surface area contributed by atoms with E-state index >= 15 is 0 Å². The van der Waals surface area contributed by atoms with E-state index in [1.807, 2.05) is 71.8 Å². The van der Waals surface area contributed by atoms with E-state index in [4.69, 9.17) is 9.72 Å². The summed E-state index contributed by atoms with van der Waals surface area (Å²) < 4.78 is 23.9. The van der Waals surface area contributed by atoms with E-state index in [-0.39, 0.29) is 5.82 Å². The molecular formula is C25H22FN5O. The topological polar surface area (TPSA) is 56.9 Å². The van der Waals surface area contributed by atoms with E-state index in [1.165, 1.54) is 6.07 Å². The molecule has 0 aliphatic heterocycles. The van der Waals surface area contributed by atoms with Gasteiger partial charge in [0.1, 0.15) is 22.9 Å². The fourth-order valence-corrected chi connectivity index (χ4v) is 3.88. The monoisotopic (exact) mass is 427 g/mol. The summed E-state index contributed by atoms with van der Waals surface area (Å²) in [6, 6.07) is 18.5. The first-order chi connectivity index (χ1) is 15.5. The number of halogens is 1. The molecule has 0 spiro atoms. The van der Waals surface area contributed by atoms with Crippen molar-refractivity contribution in [2.24, 2.45) is 7.05 Å². The van der Waals surface area contributed by atoms with Crippen molar-refractivity contribution in [1.29, 1.82) is 0 Å². The number of nitrogens with zero attached hydrogens (tertiary/aromatic N) is 4. The lowest BCUT2D eigenvalue weighted by Gasteiger charge is -2.13. The number of imidazole rings is 2. The number of nitrogens with one attached hydrogen (secondary N) is 1. The molecule has 1 N–H and O–H groups in total. The molecule has 5 aromatic rings. The molecule has 160 valence electrons. The van der Waals surface area contributed by atoms with Crippen molar-refractivity contribution in [2.75, 3.05) is 12.4 Å². The molecule has 5 rings (SSSR count). The summed E-state index contributed by atoms with van der Waals surface area (Å²) in [5.74, 6) is 0.999. The van der Waals surface area contributed by atoms with E-state index in [9.17, 15) is 4.39 Å². The van der Waals surface area contributed by atoms with Crippen molar-refractivity contribution in [1.82, 2.24) is 19.1 Å². The Morgan fingerprint density at radius 2 is 1.88 bits per heavy atom. The van der Waals surface area contributed by atoms with Gasteiger partial charge in [0.05, 0.1) is 41.6 Å². The number of hydrogen-bond donors (Lipinski definition) is 1. The lowest BCUT2D eigenvalue weighted by atomic mass is 10.2. The van der Waals surface area contributed by atoms with Gasteiger partial charge < -0.3 is 19.2 Å². The van der Waals surface area contributed by atoms with Gasteiger partial charge >= 0.3 is 0 Å². The van der Waals surface area contributed by atoms with Gasteiger partial charge in [0.25, 0.3) is 0 Å². The standard InChI is InChI=1S/C25H22FN5O/c1-16-14-31(15-27-16)21-12-11-17(13-23(21)32-3)28-20-9-6-10-22-24(20)29-25(30(22)2)18-7-4-5-8-19(18)26/h4-15,28H,1-3H3. The Kier molecular flexibility index (Phi) is 4.86. The van der Waals surface area contributed by atoms with Crippen LogP contribution in [0.15, 0.2) is 73.2 Å². The highest BCUT2D eigenvalue weighted by atomic mass is 19.1. The normalized spacial score (nSPS) is 11.1. The molecule has 0 saturated heterocycles. The Morgan fingerprint density at radius 3 is 2.62 bits per heavy atom. The molecule has 0 aliphatic rings. The number of fused-ring (bicyclic) bond motifs is 1. The maximum atomic E-state index is 14.4. The lowest BCUT2D eigenvalue weighted by Crippen LogP contribution is -1.98. The second-order valence-electron chi connectivity index (χ2n) is 7.58. The number of benzene rings is 3. The van der Waals surface area contributed by atoms with Crippen molar-refractivity contribution in [3.63, 3.8) is 0 Å². The zero-order valence-electron chi connectivity index (χ0n) is 18.0. The molecule has 3 aromatic carbocycles. The number of anilines is 2. The maximum absolute atomic E-state index is 14.4. The highest BCUT2D eigenvalue weighted by Gasteiger charge is 2.16. The fraction of sp³-hybridized carbons (Fsp3) is 0.120. The highest BCUT2D eigenvalue weighted by Crippen LogP contribution is 2.33. The molecule has 0 atom stereocenters. The molecule has 6 nitrogen and oxygen atoms in total. The van der Waals surface area contributed by atoms with Crippen LogP contribution in [0.1, 0.15) is 5.69 Å². The molecule has 0 amide bonds. The second kappa shape index (κ2) is 7.85. The van der Waals surface area contributed by atoms with Crippen LogP contribution in [0.5, 0.6) is 5.75 Å². The van der Waals surface area contributed by atoms with Crippen LogP contribution in [0.4, 0.5) is 15.8 Å². The van der Waals surface area contributed by atoms with Crippen molar-refractivity contribution >= 4 is 22.4 Å². The Hall–Kier alpha value is -4.13.